The van der Waals surface area contributed by atoms with Crippen LogP contribution in [0.1, 0.15) is 13.8 Å². The summed E-state index contributed by atoms with van der Waals surface area (Å²) in [6, 6.07) is 0. The maximum Gasteiger partial charge on any atom is 0.318 e. The van der Waals surface area contributed by atoms with E-state index < -0.39 is 17.9 Å². The molecule has 0 aliphatic carbocycles. The van der Waals surface area contributed by atoms with Gasteiger partial charge in [-0.15, -0.1) is 0 Å². The second-order valence-corrected chi connectivity index (χ2v) is 2.40. The normalized spacial score (nSPS) is 10.4. The fourth-order valence-corrected chi connectivity index (χ4v) is 0.676. The summed E-state index contributed by atoms with van der Waals surface area (Å²) in [5.41, 5.74) is 0. The van der Waals surface area contributed by atoms with Gasteiger partial charge in [0.25, 0.3) is 0 Å². The highest BCUT2D eigenvalue weighted by Crippen LogP contribution is 2.10. The number of aliphatic carboxylic acids is 2. The first-order valence-corrected chi connectivity index (χ1v) is 2.92. The second kappa shape index (κ2) is 3.20. The molecule has 2 N–H and O–H groups in total. The van der Waals surface area contributed by atoms with Crippen LogP contribution in [-0.4, -0.2) is 22.2 Å². The maximum absolute atomic E-state index is 10.2. The van der Waals surface area contributed by atoms with Crippen molar-refractivity contribution in [1.82, 2.24) is 0 Å². The van der Waals surface area contributed by atoms with Crippen molar-refractivity contribution in [3.8, 4) is 0 Å². The molecule has 0 aromatic heterocycles. The molecule has 0 bridgehead atoms. The van der Waals surface area contributed by atoms with Crippen molar-refractivity contribution in [2.45, 2.75) is 13.8 Å². The minimum Gasteiger partial charge on any atom is -0.481 e. The Morgan fingerprint density at radius 3 is 1.40 bits per heavy atom. The largest absolute Gasteiger partial charge is 0.481 e. The molecule has 0 unspecified atom stereocenters. The van der Waals surface area contributed by atoms with E-state index in [2.05, 4.69) is 0 Å². The topological polar surface area (TPSA) is 74.6 Å². The highest BCUT2D eigenvalue weighted by molar-refractivity contribution is 5.93. The van der Waals surface area contributed by atoms with Gasteiger partial charge in [0.05, 0.1) is 0 Å². The Morgan fingerprint density at radius 1 is 1.10 bits per heavy atom. The van der Waals surface area contributed by atoms with Crippen molar-refractivity contribution in [2.24, 2.45) is 11.8 Å². The molecule has 0 fully saturated rings. The predicted molar refractivity (Wildman–Crippen MR) is 33.6 cm³/mol. The zero-order valence-corrected chi connectivity index (χ0v) is 5.87. The van der Waals surface area contributed by atoms with Gasteiger partial charge >= 0.3 is 11.9 Å². The lowest BCUT2D eigenvalue weighted by molar-refractivity contribution is -0.156. The summed E-state index contributed by atoms with van der Waals surface area (Å²) in [5, 5.41) is 16.7. The number of carboxylic acids is 2. The van der Waals surface area contributed by atoms with E-state index in [4.69, 9.17) is 10.2 Å². The molecule has 0 aromatic carbocycles. The van der Waals surface area contributed by atoms with E-state index in [0.29, 0.717) is 0 Å². The highest BCUT2D eigenvalue weighted by Gasteiger charge is 2.28. The van der Waals surface area contributed by atoms with E-state index in [-0.39, 0.29) is 5.92 Å². The molecule has 0 rings (SSSR count). The lowest BCUT2D eigenvalue weighted by Crippen LogP contribution is -2.28. The molecule has 0 aromatic rings. The van der Waals surface area contributed by atoms with Crippen LogP contribution < -0.4 is 0 Å². The smallest absolute Gasteiger partial charge is 0.318 e. The zero-order chi connectivity index (χ0) is 8.31. The Bertz CT molecular complexity index is 136. The molecule has 58 valence electrons. The summed E-state index contributed by atoms with van der Waals surface area (Å²) >= 11 is 0. The number of carbonyl (C=O) groups is 2. The molecular weight excluding hydrogens is 136 g/mol. The van der Waals surface area contributed by atoms with Crippen LogP contribution in [0.5, 0.6) is 0 Å². The number of hydrogen-bond donors (Lipinski definition) is 2. The van der Waals surface area contributed by atoms with Crippen LogP contribution in [0.2, 0.25) is 0 Å². The van der Waals surface area contributed by atoms with Crippen LogP contribution in [0, 0.1) is 11.8 Å². The summed E-state index contributed by atoms with van der Waals surface area (Å²) in [5.74, 6) is -4.19. The molecule has 4 heteroatoms. The molecule has 0 saturated heterocycles. The summed E-state index contributed by atoms with van der Waals surface area (Å²) in [6.45, 7) is 3.12. The average Bonchev–Trinajstić information content (AvgIpc) is 1.59. The standard InChI is InChI=1S/C6H10O4/c1-3(2)4(5(7)8)6(9)10/h3-4H,1-2H3,(H,7,8)(H,9,10). The summed E-state index contributed by atoms with van der Waals surface area (Å²) < 4.78 is 0. The first-order chi connectivity index (χ1) is 4.46. The van der Waals surface area contributed by atoms with Gasteiger partial charge in [0.15, 0.2) is 5.92 Å². The van der Waals surface area contributed by atoms with E-state index in [1.165, 1.54) is 0 Å². The van der Waals surface area contributed by atoms with Gasteiger partial charge in [0.1, 0.15) is 0 Å². The molecule has 0 spiro atoms. The molecule has 0 atom stereocenters. The Morgan fingerprint density at radius 2 is 1.40 bits per heavy atom. The van der Waals surface area contributed by atoms with E-state index in [1.807, 2.05) is 0 Å². The molecule has 0 heterocycles. The zero-order valence-electron chi connectivity index (χ0n) is 5.87. The lowest BCUT2D eigenvalue weighted by Gasteiger charge is -2.09. The van der Waals surface area contributed by atoms with E-state index in [0.717, 1.165) is 0 Å². The van der Waals surface area contributed by atoms with Crippen molar-refractivity contribution < 1.29 is 19.8 Å². The number of hydrogen-bond acceptors (Lipinski definition) is 2. The minimum absolute atomic E-state index is 0.366. The van der Waals surface area contributed by atoms with Gasteiger partial charge in [-0.1, -0.05) is 13.8 Å². The molecular formula is C6H10O4. The Kier molecular flexibility index (Phi) is 2.86. The molecule has 4 nitrogen and oxygen atoms in total. The minimum atomic E-state index is -1.28. The van der Waals surface area contributed by atoms with Gasteiger partial charge in [-0.05, 0) is 5.92 Å². The van der Waals surface area contributed by atoms with Crippen molar-refractivity contribution in [3.63, 3.8) is 0 Å². The fraction of sp³-hybridized carbons (Fsp3) is 0.667. The van der Waals surface area contributed by atoms with Gasteiger partial charge in [-0.2, -0.15) is 0 Å². The van der Waals surface area contributed by atoms with Gasteiger partial charge < -0.3 is 10.2 Å². The van der Waals surface area contributed by atoms with Gasteiger partial charge in [0, 0.05) is 0 Å². The molecule has 0 amide bonds. The van der Waals surface area contributed by atoms with Crippen LogP contribution in [0.25, 0.3) is 0 Å². The molecule has 10 heavy (non-hydrogen) atoms. The maximum atomic E-state index is 10.2. The van der Waals surface area contributed by atoms with Crippen molar-refractivity contribution in [1.29, 1.82) is 0 Å². The summed E-state index contributed by atoms with van der Waals surface area (Å²) in [6.07, 6.45) is 0. The molecule has 0 radical (unpaired) electrons. The summed E-state index contributed by atoms with van der Waals surface area (Å²) in [7, 11) is 0. The van der Waals surface area contributed by atoms with Gasteiger partial charge in [-0.25, -0.2) is 0 Å². The Balaban J connectivity index is 4.27. The number of rotatable bonds is 3. The predicted octanol–water partition coefficient (Wildman–Crippen LogP) is 0.428. The quantitative estimate of drug-likeness (QED) is 0.566. The van der Waals surface area contributed by atoms with Crippen molar-refractivity contribution >= 4 is 11.9 Å². The van der Waals surface area contributed by atoms with Crippen LogP contribution in [-0.2, 0) is 9.59 Å². The second-order valence-electron chi connectivity index (χ2n) is 2.40. The highest BCUT2D eigenvalue weighted by atomic mass is 16.4. The Labute approximate surface area is 58.5 Å². The number of carboxylic acid groups (broad SMARTS) is 2. The summed E-state index contributed by atoms with van der Waals surface area (Å²) in [4.78, 5) is 20.4. The van der Waals surface area contributed by atoms with Crippen molar-refractivity contribution in [2.75, 3.05) is 0 Å². The third-order valence-corrected chi connectivity index (χ3v) is 1.20. The monoisotopic (exact) mass is 146 g/mol. The molecule has 0 saturated carbocycles. The van der Waals surface area contributed by atoms with Crippen LogP contribution in [0.4, 0.5) is 0 Å². The third-order valence-electron chi connectivity index (χ3n) is 1.20. The van der Waals surface area contributed by atoms with Crippen LogP contribution in [0.15, 0.2) is 0 Å². The Hall–Kier alpha value is -1.06. The third kappa shape index (κ3) is 2.05. The van der Waals surface area contributed by atoms with Gasteiger partial charge in [-0.3, -0.25) is 9.59 Å². The van der Waals surface area contributed by atoms with E-state index in [9.17, 15) is 9.59 Å². The van der Waals surface area contributed by atoms with Crippen molar-refractivity contribution in [3.05, 3.63) is 0 Å². The first kappa shape index (κ1) is 8.94. The van der Waals surface area contributed by atoms with Crippen LogP contribution in [0.3, 0.4) is 0 Å². The molecule has 0 aliphatic rings. The van der Waals surface area contributed by atoms with Gasteiger partial charge in [0.2, 0.25) is 0 Å². The lowest BCUT2D eigenvalue weighted by atomic mass is 9.97. The fourth-order valence-electron chi connectivity index (χ4n) is 0.676. The van der Waals surface area contributed by atoms with E-state index in [1.54, 1.807) is 13.8 Å². The SMILES string of the molecule is CC(C)C(C(=O)O)C(=O)O. The van der Waals surface area contributed by atoms with E-state index >= 15 is 0 Å². The average molecular weight is 146 g/mol. The van der Waals surface area contributed by atoms with Crippen LogP contribution >= 0.6 is 0 Å². The first-order valence-electron chi connectivity index (χ1n) is 2.92. The molecule has 0 aliphatic heterocycles.